The summed E-state index contributed by atoms with van der Waals surface area (Å²) < 4.78 is 15.9. The number of benzene rings is 1. The Kier molecular flexibility index (Phi) is 5.81. The summed E-state index contributed by atoms with van der Waals surface area (Å²) in [4.78, 5) is 23.5. The Morgan fingerprint density at radius 3 is 2.84 bits per heavy atom. The Balaban J connectivity index is 1.61. The van der Waals surface area contributed by atoms with Gasteiger partial charge in [0.05, 0.1) is 23.6 Å². The normalized spacial score (nSPS) is 16.7. The second-order valence-corrected chi connectivity index (χ2v) is 7.62. The van der Waals surface area contributed by atoms with E-state index in [0.717, 1.165) is 38.2 Å². The standard InChI is InChI=1S/C21H25FN8O/c1-29-21(30-9-4-5-13(23)8-10-30)17(12-26-29)27-20(31)18-16(24)11-25-19(28-18)14-6-2-3-7-15(14)22/h2-3,6-7,11-13H,4-5,8-10,23-24H2,1H3,(H,27,31). The zero-order chi connectivity index (χ0) is 22.0. The first-order valence-electron chi connectivity index (χ1n) is 10.2. The van der Waals surface area contributed by atoms with Gasteiger partial charge in [0.2, 0.25) is 0 Å². The number of halogens is 1. The highest BCUT2D eigenvalue weighted by Crippen LogP contribution is 2.28. The van der Waals surface area contributed by atoms with Crippen molar-refractivity contribution in [1.29, 1.82) is 0 Å². The number of carbonyl (C=O) groups excluding carboxylic acids is 1. The number of hydrogen-bond acceptors (Lipinski definition) is 7. The van der Waals surface area contributed by atoms with Crippen LogP contribution in [0, 0.1) is 5.82 Å². The second kappa shape index (κ2) is 8.68. The molecule has 3 heterocycles. The summed E-state index contributed by atoms with van der Waals surface area (Å²) in [6.45, 7) is 1.60. The lowest BCUT2D eigenvalue weighted by Gasteiger charge is -2.24. The summed E-state index contributed by atoms with van der Waals surface area (Å²) in [5.74, 6) is -0.111. The molecule has 1 saturated heterocycles. The number of rotatable bonds is 4. The average Bonchev–Trinajstić information content (AvgIpc) is 2.97. The molecule has 162 valence electrons. The van der Waals surface area contributed by atoms with Crippen LogP contribution in [-0.4, -0.2) is 44.8 Å². The number of carbonyl (C=O) groups is 1. The minimum absolute atomic E-state index is 0.0269. The fourth-order valence-electron chi connectivity index (χ4n) is 3.76. The van der Waals surface area contributed by atoms with Gasteiger partial charge in [-0.1, -0.05) is 12.1 Å². The van der Waals surface area contributed by atoms with E-state index in [-0.39, 0.29) is 28.8 Å². The van der Waals surface area contributed by atoms with Crippen LogP contribution in [0.15, 0.2) is 36.7 Å². The molecule has 4 rings (SSSR count). The van der Waals surface area contributed by atoms with Crippen molar-refractivity contribution in [3.63, 3.8) is 0 Å². The number of anilines is 3. The van der Waals surface area contributed by atoms with E-state index in [1.807, 2.05) is 7.05 Å². The largest absolute Gasteiger partial charge is 0.396 e. The molecule has 1 aliphatic rings. The van der Waals surface area contributed by atoms with Crippen molar-refractivity contribution in [2.24, 2.45) is 12.8 Å². The average molecular weight is 424 g/mol. The molecule has 31 heavy (non-hydrogen) atoms. The molecule has 0 aliphatic carbocycles. The molecule has 9 nitrogen and oxygen atoms in total. The van der Waals surface area contributed by atoms with Crippen LogP contribution in [0.1, 0.15) is 29.8 Å². The number of nitrogens with zero attached hydrogens (tertiary/aromatic N) is 5. The van der Waals surface area contributed by atoms with Gasteiger partial charge in [0.15, 0.2) is 17.3 Å². The minimum atomic E-state index is -0.515. The van der Waals surface area contributed by atoms with Gasteiger partial charge in [-0.15, -0.1) is 0 Å². The number of nitrogens with one attached hydrogen (secondary N) is 1. The maximum atomic E-state index is 14.1. The smallest absolute Gasteiger partial charge is 0.276 e. The van der Waals surface area contributed by atoms with Crippen LogP contribution in [0.3, 0.4) is 0 Å². The number of hydrogen-bond donors (Lipinski definition) is 3. The maximum Gasteiger partial charge on any atom is 0.276 e. The zero-order valence-electron chi connectivity index (χ0n) is 17.3. The van der Waals surface area contributed by atoms with Crippen molar-refractivity contribution in [3.8, 4) is 11.4 Å². The fourth-order valence-corrected chi connectivity index (χ4v) is 3.76. The Morgan fingerprint density at radius 1 is 1.23 bits per heavy atom. The van der Waals surface area contributed by atoms with Gasteiger partial charge in [-0.05, 0) is 31.4 Å². The third-order valence-corrected chi connectivity index (χ3v) is 5.37. The summed E-state index contributed by atoms with van der Waals surface area (Å²) >= 11 is 0. The highest BCUT2D eigenvalue weighted by atomic mass is 19.1. The molecule has 10 heteroatoms. The van der Waals surface area contributed by atoms with E-state index < -0.39 is 11.7 Å². The lowest BCUT2D eigenvalue weighted by atomic mass is 10.1. The predicted molar refractivity (Wildman–Crippen MR) is 117 cm³/mol. The van der Waals surface area contributed by atoms with Gasteiger partial charge in [-0.3, -0.25) is 9.48 Å². The van der Waals surface area contributed by atoms with E-state index in [1.165, 1.54) is 12.3 Å². The molecular weight excluding hydrogens is 399 g/mol. The summed E-state index contributed by atoms with van der Waals surface area (Å²) in [6, 6.07) is 6.28. The number of amides is 1. The highest BCUT2D eigenvalue weighted by molar-refractivity contribution is 6.07. The molecule has 0 radical (unpaired) electrons. The first-order chi connectivity index (χ1) is 14.9. The van der Waals surface area contributed by atoms with Gasteiger partial charge in [0, 0.05) is 26.2 Å². The van der Waals surface area contributed by atoms with Crippen molar-refractivity contribution in [2.75, 3.05) is 29.0 Å². The number of aromatic nitrogens is 4. The van der Waals surface area contributed by atoms with Gasteiger partial charge in [0.25, 0.3) is 5.91 Å². The van der Waals surface area contributed by atoms with Gasteiger partial charge in [-0.2, -0.15) is 5.10 Å². The molecule has 3 aromatic rings. The highest BCUT2D eigenvalue weighted by Gasteiger charge is 2.23. The second-order valence-electron chi connectivity index (χ2n) is 7.62. The monoisotopic (exact) mass is 424 g/mol. The molecule has 1 aromatic carbocycles. The van der Waals surface area contributed by atoms with E-state index in [1.54, 1.807) is 29.1 Å². The van der Waals surface area contributed by atoms with Crippen LogP contribution in [0.2, 0.25) is 0 Å². The lowest BCUT2D eigenvalue weighted by molar-refractivity contribution is 0.102. The van der Waals surface area contributed by atoms with E-state index in [2.05, 4.69) is 25.3 Å². The van der Waals surface area contributed by atoms with Crippen molar-refractivity contribution in [1.82, 2.24) is 19.7 Å². The van der Waals surface area contributed by atoms with Crippen LogP contribution >= 0.6 is 0 Å². The Bertz CT molecular complexity index is 1100. The topological polar surface area (TPSA) is 128 Å². The molecule has 1 atom stereocenters. The maximum absolute atomic E-state index is 14.1. The number of nitrogens with two attached hydrogens (primary N) is 2. The van der Waals surface area contributed by atoms with E-state index in [4.69, 9.17) is 11.5 Å². The molecule has 2 aromatic heterocycles. The zero-order valence-corrected chi connectivity index (χ0v) is 17.3. The summed E-state index contributed by atoms with van der Waals surface area (Å²) in [7, 11) is 1.82. The van der Waals surface area contributed by atoms with Crippen molar-refractivity contribution < 1.29 is 9.18 Å². The Morgan fingerprint density at radius 2 is 2.03 bits per heavy atom. The van der Waals surface area contributed by atoms with Gasteiger partial charge in [0.1, 0.15) is 11.5 Å². The molecule has 1 unspecified atom stereocenters. The van der Waals surface area contributed by atoms with Crippen molar-refractivity contribution in [3.05, 3.63) is 48.2 Å². The molecule has 0 spiro atoms. The fraction of sp³-hybridized carbons (Fsp3) is 0.333. The lowest BCUT2D eigenvalue weighted by Crippen LogP contribution is -2.29. The van der Waals surface area contributed by atoms with E-state index in [0.29, 0.717) is 5.69 Å². The van der Waals surface area contributed by atoms with E-state index in [9.17, 15) is 9.18 Å². The third-order valence-electron chi connectivity index (χ3n) is 5.37. The summed E-state index contributed by atoms with van der Waals surface area (Å²) in [5, 5.41) is 7.15. The summed E-state index contributed by atoms with van der Waals surface area (Å²) in [5.41, 5.74) is 12.9. The van der Waals surface area contributed by atoms with Crippen LogP contribution < -0.4 is 21.7 Å². The molecule has 1 aliphatic heterocycles. The van der Waals surface area contributed by atoms with Crippen LogP contribution in [0.5, 0.6) is 0 Å². The quantitative estimate of drug-likeness (QED) is 0.585. The van der Waals surface area contributed by atoms with Crippen LogP contribution in [0.4, 0.5) is 21.6 Å². The van der Waals surface area contributed by atoms with Gasteiger partial charge < -0.3 is 21.7 Å². The first kappa shape index (κ1) is 20.7. The van der Waals surface area contributed by atoms with Crippen LogP contribution in [0.25, 0.3) is 11.4 Å². The predicted octanol–water partition coefficient (Wildman–Crippen LogP) is 2.17. The van der Waals surface area contributed by atoms with Crippen molar-refractivity contribution in [2.45, 2.75) is 25.3 Å². The van der Waals surface area contributed by atoms with Gasteiger partial charge in [-0.25, -0.2) is 14.4 Å². The first-order valence-corrected chi connectivity index (χ1v) is 10.2. The minimum Gasteiger partial charge on any atom is -0.396 e. The summed E-state index contributed by atoms with van der Waals surface area (Å²) in [6.07, 6.45) is 5.69. The van der Waals surface area contributed by atoms with E-state index >= 15 is 0 Å². The molecule has 0 saturated carbocycles. The van der Waals surface area contributed by atoms with Gasteiger partial charge >= 0.3 is 0 Å². The number of aryl methyl sites for hydroxylation is 1. The SMILES string of the molecule is Cn1ncc(NC(=O)c2nc(-c3ccccc3F)ncc2N)c1N1CCCC(N)CC1. The van der Waals surface area contributed by atoms with Crippen molar-refractivity contribution >= 4 is 23.1 Å². The molecule has 1 fully saturated rings. The molecule has 1 amide bonds. The molecule has 5 N–H and O–H groups in total. The number of nitrogen functional groups attached to an aromatic ring is 1. The Hall–Kier alpha value is -3.53. The Labute approximate surface area is 179 Å². The third kappa shape index (κ3) is 4.33. The van der Waals surface area contributed by atoms with Crippen LogP contribution in [-0.2, 0) is 7.05 Å². The molecular formula is C21H25FN8O. The molecule has 0 bridgehead atoms.